The van der Waals surface area contributed by atoms with Gasteiger partial charge in [0.05, 0.1) is 6.61 Å². The fourth-order valence-electron chi connectivity index (χ4n) is 2.83. The van der Waals surface area contributed by atoms with Crippen LogP contribution in [-0.4, -0.2) is 18.3 Å². The van der Waals surface area contributed by atoms with Crippen molar-refractivity contribution in [3.05, 3.63) is 29.3 Å². The predicted molar refractivity (Wildman–Crippen MR) is 77.0 cm³/mol. The van der Waals surface area contributed by atoms with Crippen LogP contribution in [-0.2, 0) is 0 Å². The van der Waals surface area contributed by atoms with Gasteiger partial charge in [-0.25, -0.2) is 0 Å². The standard InChI is InChI=1S/C16H25NO/c1-13-6-7-15(10-14(13)2)17-11-16(12-18)8-4-3-5-9-16/h6-7,10,17-18H,3-5,8-9,11-12H2,1-2H3. The van der Waals surface area contributed by atoms with Gasteiger partial charge in [-0.1, -0.05) is 25.3 Å². The summed E-state index contributed by atoms with van der Waals surface area (Å²) >= 11 is 0. The van der Waals surface area contributed by atoms with Gasteiger partial charge in [-0.2, -0.15) is 0 Å². The van der Waals surface area contributed by atoms with Crippen molar-refractivity contribution in [2.45, 2.75) is 46.0 Å². The summed E-state index contributed by atoms with van der Waals surface area (Å²) in [5.74, 6) is 0. The smallest absolute Gasteiger partial charge is 0.0504 e. The lowest BCUT2D eigenvalue weighted by Gasteiger charge is -2.36. The molecule has 0 unspecified atom stereocenters. The first-order valence-corrected chi connectivity index (χ1v) is 7.07. The zero-order valence-corrected chi connectivity index (χ0v) is 11.6. The van der Waals surface area contributed by atoms with Gasteiger partial charge in [0.25, 0.3) is 0 Å². The largest absolute Gasteiger partial charge is 0.396 e. The lowest BCUT2D eigenvalue weighted by Crippen LogP contribution is -2.35. The Bertz CT molecular complexity index is 394. The number of aryl methyl sites for hydroxylation is 2. The molecule has 0 spiro atoms. The van der Waals surface area contributed by atoms with Gasteiger partial charge in [0, 0.05) is 17.6 Å². The van der Waals surface area contributed by atoms with E-state index in [0.29, 0.717) is 6.61 Å². The molecule has 0 amide bonds. The highest BCUT2D eigenvalue weighted by Gasteiger charge is 2.30. The fourth-order valence-corrected chi connectivity index (χ4v) is 2.83. The van der Waals surface area contributed by atoms with Gasteiger partial charge in [-0.3, -0.25) is 0 Å². The number of benzene rings is 1. The maximum absolute atomic E-state index is 9.68. The summed E-state index contributed by atoms with van der Waals surface area (Å²) in [7, 11) is 0. The molecule has 2 nitrogen and oxygen atoms in total. The molecule has 0 aliphatic heterocycles. The summed E-state index contributed by atoms with van der Waals surface area (Å²) in [5, 5.41) is 13.2. The third kappa shape index (κ3) is 3.05. The van der Waals surface area contributed by atoms with Crippen molar-refractivity contribution in [3.8, 4) is 0 Å². The van der Waals surface area contributed by atoms with Gasteiger partial charge >= 0.3 is 0 Å². The average molecular weight is 247 g/mol. The quantitative estimate of drug-likeness (QED) is 0.851. The summed E-state index contributed by atoms with van der Waals surface area (Å²) in [6.45, 7) is 5.48. The van der Waals surface area contributed by atoms with Gasteiger partial charge in [0.2, 0.25) is 0 Å². The van der Waals surface area contributed by atoms with E-state index in [2.05, 4.69) is 37.4 Å². The van der Waals surface area contributed by atoms with Crippen molar-refractivity contribution in [1.82, 2.24) is 0 Å². The summed E-state index contributed by atoms with van der Waals surface area (Å²) < 4.78 is 0. The van der Waals surface area contributed by atoms with Crippen LogP contribution < -0.4 is 5.32 Å². The van der Waals surface area contributed by atoms with Gasteiger partial charge in [-0.15, -0.1) is 0 Å². The van der Waals surface area contributed by atoms with Crippen molar-refractivity contribution in [2.75, 3.05) is 18.5 Å². The maximum atomic E-state index is 9.68. The molecule has 18 heavy (non-hydrogen) atoms. The first-order chi connectivity index (χ1) is 8.65. The van der Waals surface area contributed by atoms with E-state index < -0.39 is 0 Å². The zero-order valence-electron chi connectivity index (χ0n) is 11.6. The predicted octanol–water partition coefficient (Wildman–Crippen LogP) is 3.66. The van der Waals surface area contributed by atoms with E-state index in [1.54, 1.807) is 0 Å². The molecule has 100 valence electrons. The summed E-state index contributed by atoms with van der Waals surface area (Å²) in [5.41, 5.74) is 3.94. The molecular formula is C16H25NO. The molecule has 0 radical (unpaired) electrons. The molecule has 1 aromatic carbocycles. The van der Waals surface area contributed by atoms with Gasteiger partial charge in [-0.05, 0) is 49.9 Å². The minimum Gasteiger partial charge on any atom is -0.396 e. The molecule has 1 saturated carbocycles. The zero-order chi connectivity index (χ0) is 13.0. The molecular weight excluding hydrogens is 222 g/mol. The molecule has 1 aliphatic carbocycles. The van der Waals surface area contributed by atoms with Crippen LogP contribution in [0.25, 0.3) is 0 Å². The average Bonchev–Trinajstić information content (AvgIpc) is 2.41. The van der Waals surface area contributed by atoms with E-state index in [1.165, 1.54) is 36.1 Å². The van der Waals surface area contributed by atoms with Gasteiger partial charge in [0.15, 0.2) is 0 Å². The number of hydrogen-bond donors (Lipinski definition) is 2. The number of hydrogen-bond acceptors (Lipinski definition) is 2. The van der Waals surface area contributed by atoms with Crippen LogP contribution in [0.4, 0.5) is 5.69 Å². The van der Waals surface area contributed by atoms with Crippen LogP contribution in [0.15, 0.2) is 18.2 Å². The van der Waals surface area contributed by atoms with Gasteiger partial charge in [0.1, 0.15) is 0 Å². The Morgan fingerprint density at radius 1 is 1.11 bits per heavy atom. The summed E-state index contributed by atoms with van der Waals surface area (Å²) in [6.07, 6.45) is 6.15. The number of aliphatic hydroxyl groups excluding tert-OH is 1. The first-order valence-electron chi connectivity index (χ1n) is 7.07. The fraction of sp³-hybridized carbons (Fsp3) is 0.625. The third-order valence-corrected chi connectivity index (χ3v) is 4.42. The van der Waals surface area contributed by atoms with Crippen LogP contribution in [0.1, 0.15) is 43.2 Å². The molecule has 0 aromatic heterocycles. The first kappa shape index (κ1) is 13.4. The van der Waals surface area contributed by atoms with Crippen LogP contribution in [0.2, 0.25) is 0 Å². The SMILES string of the molecule is Cc1ccc(NCC2(CO)CCCCC2)cc1C. The molecule has 0 bridgehead atoms. The Hall–Kier alpha value is -1.02. The highest BCUT2D eigenvalue weighted by Crippen LogP contribution is 2.36. The van der Waals surface area contributed by atoms with Crippen LogP contribution in [0, 0.1) is 19.3 Å². The molecule has 0 saturated heterocycles. The molecule has 2 rings (SSSR count). The lowest BCUT2D eigenvalue weighted by molar-refractivity contribution is 0.0944. The van der Waals surface area contributed by atoms with Crippen molar-refractivity contribution < 1.29 is 5.11 Å². The number of rotatable bonds is 4. The highest BCUT2D eigenvalue weighted by atomic mass is 16.3. The van der Waals surface area contributed by atoms with E-state index in [9.17, 15) is 5.11 Å². The maximum Gasteiger partial charge on any atom is 0.0504 e. The second kappa shape index (κ2) is 5.75. The normalized spacial score (nSPS) is 18.6. The van der Waals surface area contributed by atoms with Crippen LogP contribution in [0.3, 0.4) is 0 Å². The van der Waals surface area contributed by atoms with Crippen molar-refractivity contribution in [2.24, 2.45) is 5.41 Å². The molecule has 1 fully saturated rings. The number of anilines is 1. The monoisotopic (exact) mass is 247 g/mol. The second-order valence-corrected chi connectivity index (χ2v) is 5.87. The van der Waals surface area contributed by atoms with E-state index in [1.807, 2.05) is 0 Å². The van der Waals surface area contributed by atoms with Crippen molar-refractivity contribution >= 4 is 5.69 Å². The minimum atomic E-state index is 0.108. The van der Waals surface area contributed by atoms with E-state index in [-0.39, 0.29) is 5.41 Å². The third-order valence-electron chi connectivity index (χ3n) is 4.42. The number of nitrogens with one attached hydrogen (secondary N) is 1. The second-order valence-electron chi connectivity index (χ2n) is 5.87. The topological polar surface area (TPSA) is 32.3 Å². The minimum absolute atomic E-state index is 0.108. The Kier molecular flexibility index (Phi) is 4.28. The number of aliphatic hydroxyl groups is 1. The van der Waals surface area contributed by atoms with E-state index in [4.69, 9.17) is 0 Å². The van der Waals surface area contributed by atoms with Crippen LogP contribution in [0.5, 0.6) is 0 Å². The van der Waals surface area contributed by atoms with Crippen molar-refractivity contribution in [1.29, 1.82) is 0 Å². The Morgan fingerprint density at radius 3 is 2.44 bits per heavy atom. The summed E-state index contributed by atoms with van der Waals surface area (Å²) in [4.78, 5) is 0. The Labute approximate surface area is 110 Å². The van der Waals surface area contributed by atoms with E-state index in [0.717, 1.165) is 19.4 Å². The lowest BCUT2D eigenvalue weighted by atomic mass is 9.74. The molecule has 2 heteroatoms. The molecule has 1 aliphatic rings. The molecule has 0 heterocycles. The molecule has 2 N–H and O–H groups in total. The van der Waals surface area contributed by atoms with Crippen LogP contribution >= 0.6 is 0 Å². The van der Waals surface area contributed by atoms with Gasteiger partial charge < -0.3 is 10.4 Å². The summed E-state index contributed by atoms with van der Waals surface area (Å²) in [6, 6.07) is 6.49. The van der Waals surface area contributed by atoms with E-state index >= 15 is 0 Å². The highest BCUT2D eigenvalue weighted by molar-refractivity contribution is 5.48. The molecule has 1 aromatic rings. The van der Waals surface area contributed by atoms with Crippen molar-refractivity contribution in [3.63, 3.8) is 0 Å². The Morgan fingerprint density at radius 2 is 1.83 bits per heavy atom. The molecule has 0 atom stereocenters. The Balaban J connectivity index is 1.98.